The number of carboxylic acids is 1. The predicted octanol–water partition coefficient (Wildman–Crippen LogP) is 3.08. The molecule has 1 saturated heterocycles. The third-order valence-corrected chi connectivity index (χ3v) is 8.00. The summed E-state index contributed by atoms with van der Waals surface area (Å²) in [7, 11) is -4.36. The van der Waals surface area contributed by atoms with E-state index in [9.17, 15) is 23.1 Å². The number of piperidine rings is 1. The second kappa shape index (κ2) is 15.4. The molecule has 42 heavy (non-hydrogen) atoms. The van der Waals surface area contributed by atoms with E-state index in [2.05, 4.69) is 0 Å². The smallest absolute Gasteiger partial charge is 0.320 e. The van der Waals surface area contributed by atoms with Gasteiger partial charge in [0.1, 0.15) is 17.7 Å². The Morgan fingerprint density at radius 3 is 2.29 bits per heavy atom. The van der Waals surface area contributed by atoms with Gasteiger partial charge in [0.05, 0.1) is 23.6 Å². The zero-order chi connectivity index (χ0) is 29.6. The molecule has 1 fully saturated rings. The van der Waals surface area contributed by atoms with Crippen molar-refractivity contribution in [3.8, 4) is 5.75 Å². The van der Waals surface area contributed by atoms with E-state index in [1.165, 1.54) is 18.2 Å². The van der Waals surface area contributed by atoms with Gasteiger partial charge in [-0.15, -0.1) is 24.8 Å². The minimum Gasteiger partial charge on any atom is -0.489 e. The number of likely N-dealkylation sites (tertiary alicyclic amines) is 1. The van der Waals surface area contributed by atoms with Crippen LogP contribution in [-0.4, -0.2) is 73.5 Å². The molecule has 7 N–H and O–H groups in total. The molecule has 1 heterocycles. The lowest BCUT2D eigenvalue weighted by Gasteiger charge is -2.33. The maximum atomic E-state index is 13.1. The summed E-state index contributed by atoms with van der Waals surface area (Å²) in [6, 6.07) is 11.0. The molecule has 12 nitrogen and oxygen atoms in total. The summed E-state index contributed by atoms with van der Waals surface area (Å²) in [5, 5.41) is 24.7. The van der Waals surface area contributed by atoms with E-state index < -0.39 is 27.7 Å². The van der Waals surface area contributed by atoms with Crippen LogP contribution in [0.1, 0.15) is 48.2 Å². The number of rotatable bonds is 11. The van der Waals surface area contributed by atoms with Crippen LogP contribution in [-0.2, 0) is 14.8 Å². The number of nitrogen functional groups attached to an aromatic ring is 1. The summed E-state index contributed by atoms with van der Waals surface area (Å²) in [6.45, 7) is 4.45. The highest BCUT2D eigenvalue weighted by Gasteiger charge is 2.28. The molecule has 2 aromatic rings. The fourth-order valence-corrected chi connectivity index (χ4v) is 5.70. The number of carbonyl (C=O) groups excluding carboxylic acids is 1. The Morgan fingerprint density at radius 2 is 1.74 bits per heavy atom. The number of sulfonamides is 1. The number of ether oxygens (including phenoxy) is 1. The molecule has 0 atom stereocenters. The topological polar surface area (TPSA) is 204 Å². The fourth-order valence-electron chi connectivity index (χ4n) is 4.39. The van der Waals surface area contributed by atoms with Crippen molar-refractivity contribution in [3.63, 3.8) is 0 Å². The van der Waals surface area contributed by atoms with Crippen LogP contribution < -0.4 is 20.5 Å². The van der Waals surface area contributed by atoms with Gasteiger partial charge in [0.2, 0.25) is 10.0 Å². The standard InChI is InChI=1S/C27H34N6O6S.2ClH/c1-17(12-19-4-3-5-20(13-19)26(29)30)15-33(40(37,38)16-25(34)35)21-6-7-24(23(14-21)27(31)36)39-22-8-10-32(11-9-22)18(2)28;;/h3-7,12-14,22,28H,8-11,15-16H2,1-2H3,(H3,29,30)(H2,31,36)(H,34,35);2*1H/b17-12+,28-18?;;. The fraction of sp³-hybridized carbons (Fsp3) is 0.333. The molecule has 0 aromatic heterocycles. The summed E-state index contributed by atoms with van der Waals surface area (Å²) >= 11 is 0. The van der Waals surface area contributed by atoms with Gasteiger partial charge in [0.25, 0.3) is 5.91 Å². The first kappa shape index (κ1) is 36.2. The monoisotopic (exact) mass is 642 g/mol. The number of hydrogen-bond acceptors (Lipinski definition) is 7. The number of amidine groups is 2. The summed E-state index contributed by atoms with van der Waals surface area (Å²) in [5.41, 5.74) is 12.9. The third kappa shape index (κ3) is 9.64. The molecule has 0 saturated carbocycles. The van der Waals surface area contributed by atoms with Crippen molar-refractivity contribution in [1.82, 2.24) is 4.90 Å². The Balaban J connectivity index is 0.00000441. The molecule has 230 valence electrons. The predicted molar refractivity (Wildman–Crippen MR) is 168 cm³/mol. The second-order valence-corrected chi connectivity index (χ2v) is 11.5. The highest BCUT2D eigenvalue weighted by atomic mass is 35.5. The number of anilines is 1. The van der Waals surface area contributed by atoms with Crippen LogP contribution in [0.25, 0.3) is 6.08 Å². The molecule has 3 rings (SSSR count). The van der Waals surface area contributed by atoms with Crippen molar-refractivity contribution in [2.45, 2.75) is 32.8 Å². The van der Waals surface area contributed by atoms with Gasteiger partial charge >= 0.3 is 5.97 Å². The number of carboxylic acid groups (broad SMARTS) is 1. The first-order valence-electron chi connectivity index (χ1n) is 12.5. The van der Waals surface area contributed by atoms with E-state index in [1.807, 2.05) is 4.90 Å². The van der Waals surface area contributed by atoms with Gasteiger partial charge in [-0.25, -0.2) is 8.42 Å². The van der Waals surface area contributed by atoms with Gasteiger partial charge in [-0.3, -0.25) is 24.7 Å². The van der Waals surface area contributed by atoms with Crippen molar-refractivity contribution in [1.29, 1.82) is 10.8 Å². The Kier molecular flexibility index (Phi) is 13.3. The molecular weight excluding hydrogens is 607 g/mol. The molecule has 0 unspecified atom stereocenters. The lowest BCUT2D eigenvalue weighted by Crippen LogP contribution is -2.40. The van der Waals surface area contributed by atoms with E-state index in [-0.39, 0.29) is 60.3 Å². The molecule has 0 radical (unpaired) electrons. The molecule has 2 aromatic carbocycles. The van der Waals surface area contributed by atoms with Crippen LogP contribution in [0.5, 0.6) is 5.75 Å². The molecule has 1 aliphatic rings. The zero-order valence-electron chi connectivity index (χ0n) is 23.2. The van der Waals surface area contributed by atoms with Gasteiger partial charge in [0, 0.05) is 31.5 Å². The van der Waals surface area contributed by atoms with Gasteiger partial charge in [-0.2, -0.15) is 0 Å². The quantitative estimate of drug-likeness (QED) is 0.181. The Labute approximate surface area is 257 Å². The van der Waals surface area contributed by atoms with Crippen LogP contribution in [0.2, 0.25) is 0 Å². The highest BCUT2D eigenvalue weighted by molar-refractivity contribution is 7.93. The number of amides is 1. The molecule has 1 amide bonds. The number of halogens is 2. The van der Waals surface area contributed by atoms with E-state index in [0.29, 0.717) is 48.5 Å². The van der Waals surface area contributed by atoms with E-state index >= 15 is 0 Å². The van der Waals surface area contributed by atoms with E-state index in [4.69, 9.17) is 27.0 Å². The molecule has 0 aliphatic carbocycles. The maximum Gasteiger partial charge on any atom is 0.320 e. The van der Waals surface area contributed by atoms with Crippen molar-refractivity contribution < 1.29 is 27.9 Å². The molecule has 15 heteroatoms. The average Bonchev–Trinajstić information content (AvgIpc) is 2.87. The molecule has 0 spiro atoms. The number of primary amides is 1. The van der Waals surface area contributed by atoms with Crippen LogP contribution in [0.3, 0.4) is 0 Å². The Hall–Kier alpha value is -3.81. The van der Waals surface area contributed by atoms with Crippen molar-refractivity contribution in [3.05, 3.63) is 64.7 Å². The van der Waals surface area contributed by atoms with Crippen LogP contribution >= 0.6 is 24.8 Å². The van der Waals surface area contributed by atoms with Crippen molar-refractivity contribution in [2.75, 3.05) is 29.7 Å². The second-order valence-electron chi connectivity index (χ2n) is 9.62. The summed E-state index contributed by atoms with van der Waals surface area (Å²) < 4.78 is 33.3. The number of aliphatic carboxylic acids is 1. The Bertz CT molecular complexity index is 1460. The molecule has 1 aliphatic heterocycles. The van der Waals surface area contributed by atoms with Crippen LogP contribution in [0.4, 0.5) is 5.69 Å². The number of nitrogens with two attached hydrogens (primary N) is 2. The molecule has 0 bridgehead atoms. The SMILES string of the molecule is CC(=N)N1CCC(Oc2ccc(N(C/C(C)=C/c3cccc(C(=N)N)c3)S(=O)(=O)CC(=O)O)cc2C(N)=O)CC1.Cl.Cl. The van der Waals surface area contributed by atoms with Gasteiger partial charge in [-0.05, 0) is 43.7 Å². The third-order valence-electron chi connectivity index (χ3n) is 6.37. The molecular formula is C27H36Cl2N6O6S. The number of nitrogens with one attached hydrogen (secondary N) is 2. The van der Waals surface area contributed by atoms with E-state index in [0.717, 1.165) is 4.31 Å². The van der Waals surface area contributed by atoms with Crippen molar-refractivity contribution >= 4 is 70.1 Å². The van der Waals surface area contributed by atoms with Crippen molar-refractivity contribution in [2.24, 2.45) is 11.5 Å². The van der Waals surface area contributed by atoms with Gasteiger partial charge < -0.3 is 26.2 Å². The zero-order valence-corrected chi connectivity index (χ0v) is 25.7. The van der Waals surface area contributed by atoms with Crippen LogP contribution in [0.15, 0.2) is 48.0 Å². The maximum absolute atomic E-state index is 13.1. The van der Waals surface area contributed by atoms with Crippen LogP contribution in [0, 0.1) is 10.8 Å². The Morgan fingerprint density at radius 1 is 1.10 bits per heavy atom. The highest BCUT2D eigenvalue weighted by Crippen LogP contribution is 2.30. The number of carbonyl (C=O) groups is 2. The normalized spacial score (nSPS) is 13.8. The number of nitrogens with zero attached hydrogens (tertiary/aromatic N) is 2. The first-order valence-corrected chi connectivity index (χ1v) is 14.1. The largest absolute Gasteiger partial charge is 0.489 e. The lowest BCUT2D eigenvalue weighted by atomic mass is 10.1. The minimum absolute atomic E-state index is 0. The summed E-state index contributed by atoms with van der Waals surface area (Å²) in [5.74, 6) is -2.95. The van der Waals surface area contributed by atoms with Gasteiger partial charge in [-0.1, -0.05) is 29.8 Å². The average molecular weight is 644 g/mol. The number of benzene rings is 2. The first-order chi connectivity index (χ1) is 18.8. The summed E-state index contributed by atoms with van der Waals surface area (Å²) in [6.07, 6.45) is 2.74. The lowest BCUT2D eigenvalue weighted by molar-refractivity contribution is -0.134. The van der Waals surface area contributed by atoms with Gasteiger partial charge in [0.15, 0.2) is 5.75 Å². The number of hydrogen-bond donors (Lipinski definition) is 5. The summed E-state index contributed by atoms with van der Waals surface area (Å²) in [4.78, 5) is 25.7. The minimum atomic E-state index is -4.36. The van der Waals surface area contributed by atoms with E-state index in [1.54, 1.807) is 44.2 Å².